The second kappa shape index (κ2) is 9.45. The van der Waals surface area contributed by atoms with Crippen molar-refractivity contribution in [2.45, 2.75) is 39.5 Å². The lowest BCUT2D eigenvalue weighted by atomic mass is 9.91. The van der Waals surface area contributed by atoms with E-state index in [9.17, 15) is 4.79 Å². The largest absolute Gasteiger partial charge is 0.494 e. The number of carbonyl (C=O) groups is 1. The summed E-state index contributed by atoms with van der Waals surface area (Å²) in [5.41, 5.74) is 0.911. The lowest BCUT2D eigenvalue weighted by Gasteiger charge is -2.31. The van der Waals surface area contributed by atoms with Gasteiger partial charge in [0, 0.05) is 13.1 Å². The van der Waals surface area contributed by atoms with Gasteiger partial charge in [-0.25, -0.2) is 9.48 Å². The molecule has 1 aliphatic heterocycles. The quantitative estimate of drug-likeness (QED) is 0.658. The van der Waals surface area contributed by atoms with Gasteiger partial charge in [0.25, 0.3) is 0 Å². The highest BCUT2D eigenvalue weighted by Crippen LogP contribution is 2.49. The smallest absolute Gasteiger partial charge is 0.409 e. The first kappa shape index (κ1) is 20.6. The molecule has 1 aromatic carbocycles. The van der Waals surface area contributed by atoms with Crippen LogP contribution in [0.15, 0.2) is 30.6 Å². The Hall–Kier alpha value is -2.64. The number of rotatable bonds is 8. The number of ether oxygens (including phenoxy) is 2. The van der Waals surface area contributed by atoms with Crippen molar-refractivity contribution in [3.05, 3.63) is 30.6 Å². The fraction of sp³-hybridized carbons (Fsp3) is 0.636. The Bertz CT molecular complexity index is 801. The molecule has 0 bridgehead atoms. The average Bonchev–Trinajstić information content (AvgIpc) is 3.32. The summed E-state index contributed by atoms with van der Waals surface area (Å²) >= 11 is 0. The SMILES string of the molecule is CC(C)COC(=O)N1CCC(C2CC2CCOc2ccc(-n3cnnn3)cc2)CC1. The molecule has 4 rings (SSSR count). The van der Waals surface area contributed by atoms with E-state index in [1.807, 2.05) is 29.2 Å². The predicted octanol–water partition coefficient (Wildman–Crippen LogP) is 3.57. The molecular weight excluding hydrogens is 382 g/mol. The molecule has 1 saturated carbocycles. The first-order chi connectivity index (χ1) is 14.6. The summed E-state index contributed by atoms with van der Waals surface area (Å²) in [7, 11) is 0. The summed E-state index contributed by atoms with van der Waals surface area (Å²) in [6.07, 6.45) is 6.01. The van der Waals surface area contributed by atoms with Crippen molar-refractivity contribution in [2.75, 3.05) is 26.3 Å². The lowest BCUT2D eigenvalue weighted by Crippen LogP contribution is -2.39. The molecule has 162 valence electrons. The number of nitrogens with zero attached hydrogens (tertiary/aromatic N) is 5. The third kappa shape index (κ3) is 5.29. The topological polar surface area (TPSA) is 82.4 Å². The molecule has 8 heteroatoms. The molecule has 1 aromatic heterocycles. The Morgan fingerprint density at radius 2 is 1.97 bits per heavy atom. The van der Waals surface area contributed by atoms with E-state index in [4.69, 9.17) is 9.47 Å². The Morgan fingerprint density at radius 1 is 1.20 bits per heavy atom. The molecule has 0 radical (unpaired) electrons. The summed E-state index contributed by atoms with van der Waals surface area (Å²) < 4.78 is 12.9. The standard InChI is InChI=1S/C22H31N5O3/c1-16(2)14-30-22(28)26-10-7-17(8-11-26)21-13-18(21)9-12-29-20-5-3-19(4-6-20)27-15-23-24-25-27/h3-6,15-18,21H,7-14H2,1-2H3. The van der Waals surface area contributed by atoms with E-state index in [2.05, 4.69) is 29.4 Å². The molecule has 1 saturated heterocycles. The van der Waals surface area contributed by atoms with Gasteiger partial charge in [-0.05, 0) is 84.0 Å². The van der Waals surface area contributed by atoms with Crippen LogP contribution in [0.3, 0.4) is 0 Å². The molecule has 30 heavy (non-hydrogen) atoms. The van der Waals surface area contributed by atoms with E-state index in [0.29, 0.717) is 12.5 Å². The number of benzene rings is 1. The first-order valence-corrected chi connectivity index (χ1v) is 11.0. The zero-order valence-corrected chi connectivity index (χ0v) is 17.8. The molecule has 8 nitrogen and oxygen atoms in total. The Labute approximate surface area is 177 Å². The second-order valence-corrected chi connectivity index (χ2v) is 8.84. The Balaban J connectivity index is 1.13. The second-order valence-electron chi connectivity index (χ2n) is 8.84. The molecule has 1 amide bonds. The summed E-state index contributed by atoms with van der Waals surface area (Å²) in [4.78, 5) is 14.0. The van der Waals surface area contributed by atoms with Crippen LogP contribution in [0, 0.1) is 23.7 Å². The van der Waals surface area contributed by atoms with E-state index in [1.165, 1.54) is 6.42 Å². The lowest BCUT2D eigenvalue weighted by molar-refractivity contribution is 0.0765. The van der Waals surface area contributed by atoms with Crippen molar-refractivity contribution in [1.82, 2.24) is 25.1 Å². The van der Waals surface area contributed by atoms with Crippen molar-refractivity contribution < 1.29 is 14.3 Å². The molecular formula is C22H31N5O3. The van der Waals surface area contributed by atoms with Gasteiger partial charge >= 0.3 is 6.09 Å². The zero-order valence-electron chi connectivity index (χ0n) is 17.8. The summed E-state index contributed by atoms with van der Waals surface area (Å²) in [6, 6.07) is 7.81. The van der Waals surface area contributed by atoms with Crippen LogP contribution in [0.5, 0.6) is 5.75 Å². The number of amides is 1. The highest BCUT2D eigenvalue weighted by molar-refractivity contribution is 5.67. The number of likely N-dealkylation sites (tertiary alicyclic amines) is 1. The maximum Gasteiger partial charge on any atom is 0.409 e. The van der Waals surface area contributed by atoms with Crippen molar-refractivity contribution in [3.63, 3.8) is 0 Å². The predicted molar refractivity (Wildman–Crippen MR) is 111 cm³/mol. The summed E-state index contributed by atoms with van der Waals surface area (Å²) in [5.74, 6) is 3.54. The third-order valence-electron chi connectivity index (χ3n) is 6.13. The molecule has 2 unspecified atom stereocenters. The van der Waals surface area contributed by atoms with Crippen LogP contribution < -0.4 is 4.74 Å². The van der Waals surface area contributed by atoms with Gasteiger partial charge < -0.3 is 14.4 Å². The van der Waals surface area contributed by atoms with Gasteiger partial charge in [-0.3, -0.25) is 0 Å². The molecule has 2 aliphatic rings. The minimum Gasteiger partial charge on any atom is -0.494 e. The monoisotopic (exact) mass is 413 g/mol. The maximum atomic E-state index is 12.1. The summed E-state index contributed by atoms with van der Waals surface area (Å²) in [5, 5.41) is 11.2. The van der Waals surface area contributed by atoms with Gasteiger partial charge in [0.15, 0.2) is 0 Å². The third-order valence-corrected chi connectivity index (χ3v) is 6.13. The van der Waals surface area contributed by atoms with Crippen LogP contribution in [0.25, 0.3) is 5.69 Å². The molecule has 2 heterocycles. The number of hydrogen-bond acceptors (Lipinski definition) is 6. The van der Waals surface area contributed by atoms with Crippen LogP contribution in [0.2, 0.25) is 0 Å². The highest BCUT2D eigenvalue weighted by atomic mass is 16.6. The molecule has 2 atom stereocenters. The van der Waals surface area contributed by atoms with E-state index in [1.54, 1.807) is 11.0 Å². The molecule has 1 aliphatic carbocycles. The number of tetrazole rings is 1. The number of piperidine rings is 1. The van der Waals surface area contributed by atoms with Crippen LogP contribution in [0.4, 0.5) is 4.79 Å². The number of hydrogen-bond donors (Lipinski definition) is 0. The number of aromatic nitrogens is 4. The van der Waals surface area contributed by atoms with Crippen LogP contribution in [-0.2, 0) is 4.74 Å². The van der Waals surface area contributed by atoms with Gasteiger partial charge in [-0.15, -0.1) is 5.10 Å². The van der Waals surface area contributed by atoms with Crippen LogP contribution >= 0.6 is 0 Å². The van der Waals surface area contributed by atoms with E-state index in [0.717, 1.165) is 68.1 Å². The molecule has 0 N–H and O–H groups in total. The van der Waals surface area contributed by atoms with Crippen molar-refractivity contribution in [2.24, 2.45) is 23.7 Å². The molecule has 0 spiro atoms. The molecule has 2 aromatic rings. The van der Waals surface area contributed by atoms with Crippen LogP contribution in [0.1, 0.15) is 39.5 Å². The zero-order chi connectivity index (χ0) is 20.9. The van der Waals surface area contributed by atoms with Gasteiger partial charge in [-0.2, -0.15) is 0 Å². The maximum absolute atomic E-state index is 12.1. The van der Waals surface area contributed by atoms with Gasteiger partial charge in [0.1, 0.15) is 12.1 Å². The van der Waals surface area contributed by atoms with Gasteiger partial charge in [-0.1, -0.05) is 13.8 Å². The van der Waals surface area contributed by atoms with E-state index < -0.39 is 0 Å². The van der Waals surface area contributed by atoms with E-state index in [-0.39, 0.29) is 6.09 Å². The van der Waals surface area contributed by atoms with Crippen molar-refractivity contribution in [1.29, 1.82) is 0 Å². The van der Waals surface area contributed by atoms with Crippen LogP contribution in [-0.4, -0.2) is 57.5 Å². The Kier molecular flexibility index (Phi) is 6.50. The minimum absolute atomic E-state index is 0.144. The van der Waals surface area contributed by atoms with E-state index >= 15 is 0 Å². The number of carbonyl (C=O) groups excluding carboxylic acids is 1. The van der Waals surface area contributed by atoms with Crippen molar-refractivity contribution >= 4 is 6.09 Å². The summed E-state index contributed by atoms with van der Waals surface area (Å²) in [6.45, 7) is 7.02. The fourth-order valence-electron chi connectivity index (χ4n) is 4.32. The normalized spacial score (nSPS) is 21.6. The average molecular weight is 414 g/mol. The van der Waals surface area contributed by atoms with Gasteiger partial charge in [0.05, 0.1) is 18.9 Å². The molecule has 2 fully saturated rings. The highest BCUT2D eigenvalue weighted by Gasteiger charge is 2.43. The minimum atomic E-state index is -0.144. The van der Waals surface area contributed by atoms with Gasteiger partial charge in [0.2, 0.25) is 0 Å². The fourth-order valence-corrected chi connectivity index (χ4v) is 4.32. The first-order valence-electron chi connectivity index (χ1n) is 11.0. The Morgan fingerprint density at radius 3 is 2.63 bits per heavy atom. The van der Waals surface area contributed by atoms with Crippen molar-refractivity contribution in [3.8, 4) is 11.4 Å².